The zero-order valence-electron chi connectivity index (χ0n) is 12.3. The molecule has 1 fully saturated rings. The number of hydrogen-bond donors (Lipinski definition) is 2. The molecule has 0 bridgehead atoms. The van der Waals surface area contributed by atoms with E-state index in [1.54, 1.807) is 25.2 Å². The fraction of sp³-hybridized carbons (Fsp3) is 0.357. The van der Waals surface area contributed by atoms with Gasteiger partial charge in [0.15, 0.2) is 6.61 Å². The van der Waals surface area contributed by atoms with Crippen molar-refractivity contribution in [3.8, 4) is 5.75 Å². The number of nitrogens with one attached hydrogen (secondary N) is 1. The first kappa shape index (κ1) is 15.5. The van der Waals surface area contributed by atoms with E-state index in [1.807, 2.05) is 0 Å². The number of nitrogens with zero attached hydrogens (tertiary/aromatic N) is 2. The van der Waals surface area contributed by atoms with Crippen molar-refractivity contribution in [1.82, 2.24) is 5.32 Å². The molecule has 2 heterocycles. The number of carbonyl (C=O) groups is 3. The Morgan fingerprint density at radius 3 is 2.96 bits per heavy atom. The summed E-state index contributed by atoms with van der Waals surface area (Å²) in [4.78, 5) is 37.3. The molecule has 0 aliphatic carbocycles. The minimum absolute atomic E-state index is 0.0337. The largest absolute Gasteiger partial charge is 0.481 e. The van der Waals surface area contributed by atoms with Gasteiger partial charge in [0.1, 0.15) is 11.9 Å². The van der Waals surface area contributed by atoms with Gasteiger partial charge in [-0.25, -0.2) is 4.79 Å². The lowest BCUT2D eigenvalue weighted by Gasteiger charge is -2.27. The lowest BCUT2D eigenvalue weighted by Crippen LogP contribution is -2.35. The molecule has 1 N–H and O–H groups in total. The van der Waals surface area contributed by atoms with Gasteiger partial charge < -0.3 is 19.7 Å². The van der Waals surface area contributed by atoms with E-state index in [9.17, 15) is 14.4 Å². The van der Waals surface area contributed by atoms with Crippen molar-refractivity contribution in [2.75, 3.05) is 36.5 Å². The standard InChI is InChI=1S/C14H15N3O5S/c1-16-10-3-2-8(4-11(10)21-7-12(16)18)17-6-9(22-14(17)20)5-15-13(19)23/h2-4,9H,5-7H2,1H3,(H2,15,19,23)/t9-/m0/s1. The molecular formula is C14H15N3O5S. The summed E-state index contributed by atoms with van der Waals surface area (Å²) in [6, 6.07) is 5.13. The van der Waals surface area contributed by atoms with Crippen LogP contribution in [0.25, 0.3) is 0 Å². The van der Waals surface area contributed by atoms with E-state index in [0.29, 0.717) is 23.7 Å². The number of benzene rings is 1. The molecule has 9 heteroatoms. The smallest absolute Gasteiger partial charge is 0.414 e. The highest BCUT2D eigenvalue weighted by atomic mass is 32.1. The zero-order valence-corrected chi connectivity index (χ0v) is 13.2. The van der Waals surface area contributed by atoms with Gasteiger partial charge in [-0.1, -0.05) is 12.6 Å². The predicted octanol–water partition coefficient (Wildman–Crippen LogP) is 1.01. The minimum Gasteiger partial charge on any atom is -0.481 e. The molecule has 3 amide bonds. The maximum atomic E-state index is 12.0. The average Bonchev–Trinajstić information content (AvgIpc) is 2.90. The van der Waals surface area contributed by atoms with Gasteiger partial charge in [0.25, 0.3) is 11.1 Å². The van der Waals surface area contributed by atoms with Gasteiger partial charge in [0.05, 0.1) is 24.5 Å². The molecule has 0 spiro atoms. The zero-order chi connectivity index (χ0) is 16.6. The molecule has 1 aromatic rings. The van der Waals surface area contributed by atoms with Crippen LogP contribution in [-0.4, -0.2) is 50.1 Å². The third-order valence-electron chi connectivity index (χ3n) is 3.70. The molecule has 23 heavy (non-hydrogen) atoms. The molecule has 1 saturated heterocycles. The number of amides is 3. The molecule has 0 radical (unpaired) electrons. The third-order valence-corrected chi connectivity index (χ3v) is 3.85. The van der Waals surface area contributed by atoms with Crippen LogP contribution in [0.1, 0.15) is 0 Å². The lowest BCUT2D eigenvalue weighted by molar-refractivity contribution is -0.120. The van der Waals surface area contributed by atoms with Crippen LogP contribution < -0.4 is 19.9 Å². The van der Waals surface area contributed by atoms with Gasteiger partial charge in [-0.2, -0.15) is 0 Å². The van der Waals surface area contributed by atoms with Crippen LogP contribution in [-0.2, 0) is 9.53 Å². The monoisotopic (exact) mass is 337 g/mol. The Morgan fingerprint density at radius 2 is 2.22 bits per heavy atom. The minimum atomic E-state index is -0.497. The quantitative estimate of drug-likeness (QED) is 0.804. The molecule has 2 aliphatic rings. The second kappa shape index (κ2) is 5.99. The highest BCUT2D eigenvalue weighted by molar-refractivity contribution is 7.96. The average molecular weight is 337 g/mol. The van der Waals surface area contributed by atoms with Crippen molar-refractivity contribution in [2.24, 2.45) is 0 Å². The first-order valence-electron chi connectivity index (χ1n) is 6.94. The number of cyclic esters (lactones) is 1. The predicted molar refractivity (Wildman–Crippen MR) is 85.3 cm³/mol. The summed E-state index contributed by atoms with van der Waals surface area (Å²) in [6.07, 6.45) is -0.941. The van der Waals surface area contributed by atoms with E-state index < -0.39 is 17.4 Å². The Morgan fingerprint density at radius 1 is 1.43 bits per heavy atom. The van der Waals surface area contributed by atoms with Crippen molar-refractivity contribution >= 4 is 41.2 Å². The van der Waals surface area contributed by atoms with Crippen molar-refractivity contribution < 1.29 is 23.9 Å². The van der Waals surface area contributed by atoms with Gasteiger partial charge in [-0.05, 0) is 12.1 Å². The summed E-state index contributed by atoms with van der Waals surface area (Å²) in [5.41, 5.74) is 1.26. The normalized spacial score (nSPS) is 20.0. The molecule has 0 unspecified atom stereocenters. The molecule has 3 rings (SSSR count). The Hall–Kier alpha value is -2.42. The molecule has 2 aliphatic heterocycles. The lowest BCUT2D eigenvalue weighted by atomic mass is 10.2. The van der Waals surface area contributed by atoms with Crippen molar-refractivity contribution in [3.63, 3.8) is 0 Å². The molecule has 122 valence electrons. The van der Waals surface area contributed by atoms with Crippen LogP contribution in [0.2, 0.25) is 0 Å². The van der Waals surface area contributed by atoms with Gasteiger partial charge in [0, 0.05) is 13.1 Å². The summed E-state index contributed by atoms with van der Waals surface area (Å²) in [5.74, 6) is 0.401. The number of fused-ring (bicyclic) bond motifs is 1. The third kappa shape index (κ3) is 3.04. The Bertz CT molecular complexity index is 680. The van der Waals surface area contributed by atoms with Crippen molar-refractivity contribution in [2.45, 2.75) is 6.10 Å². The number of hydrogen-bond acceptors (Lipinski definition) is 5. The maximum absolute atomic E-state index is 12.0. The fourth-order valence-electron chi connectivity index (χ4n) is 2.47. The van der Waals surface area contributed by atoms with E-state index in [2.05, 4.69) is 17.9 Å². The first-order valence-corrected chi connectivity index (χ1v) is 7.39. The van der Waals surface area contributed by atoms with Crippen molar-refractivity contribution in [1.29, 1.82) is 0 Å². The van der Waals surface area contributed by atoms with E-state index in [-0.39, 0.29) is 19.1 Å². The second-order valence-electron chi connectivity index (χ2n) is 5.20. The summed E-state index contributed by atoms with van der Waals surface area (Å²) >= 11 is 3.60. The maximum Gasteiger partial charge on any atom is 0.414 e. The van der Waals surface area contributed by atoms with Gasteiger partial charge in [0.2, 0.25) is 0 Å². The van der Waals surface area contributed by atoms with E-state index in [0.717, 1.165) is 0 Å². The van der Waals surface area contributed by atoms with Gasteiger partial charge in [-0.15, -0.1) is 0 Å². The highest BCUT2D eigenvalue weighted by Crippen LogP contribution is 2.35. The van der Waals surface area contributed by atoms with Gasteiger partial charge >= 0.3 is 6.09 Å². The van der Waals surface area contributed by atoms with Crippen LogP contribution in [0, 0.1) is 0 Å². The fourth-order valence-corrected chi connectivity index (χ4v) is 2.57. The first-order chi connectivity index (χ1) is 11.0. The van der Waals surface area contributed by atoms with Crippen LogP contribution in [0.4, 0.5) is 21.0 Å². The van der Waals surface area contributed by atoms with Crippen LogP contribution in [0.5, 0.6) is 5.75 Å². The summed E-state index contributed by atoms with van der Waals surface area (Å²) in [7, 11) is 1.67. The van der Waals surface area contributed by atoms with Crippen LogP contribution >= 0.6 is 12.6 Å². The highest BCUT2D eigenvalue weighted by Gasteiger charge is 2.33. The Balaban J connectivity index is 1.76. The second-order valence-corrected chi connectivity index (χ2v) is 5.60. The Kier molecular flexibility index (Phi) is 4.03. The number of carbonyl (C=O) groups excluding carboxylic acids is 3. The topological polar surface area (TPSA) is 88.2 Å². The number of ether oxygens (including phenoxy) is 2. The molecule has 0 aromatic heterocycles. The summed E-state index contributed by atoms with van der Waals surface area (Å²) in [5, 5.41) is 2.02. The number of anilines is 2. The number of rotatable bonds is 3. The summed E-state index contributed by atoms with van der Waals surface area (Å²) in [6.45, 7) is 0.470. The molecule has 1 atom stereocenters. The molecule has 1 aromatic carbocycles. The van der Waals surface area contributed by atoms with E-state index in [4.69, 9.17) is 9.47 Å². The van der Waals surface area contributed by atoms with Crippen LogP contribution in [0.15, 0.2) is 18.2 Å². The van der Waals surface area contributed by atoms with E-state index in [1.165, 1.54) is 9.80 Å². The molecule has 0 saturated carbocycles. The Labute approximate surface area is 137 Å². The van der Waals surface area contributed by atoms with Gasteiger partial charge in [-0.3, -0.25) is 14.5 Å². The number of thiol groups is 1. The number of likely N-dealkylation sites (N-methyl/N-ethyl adjacent to an activating group) is 1. The van der Waals surface area contributed by atoms with Crippen LogP contribution in [0.3, 0.4) is 0 Å². The van der Waals surface area contributed by atoms with E-state index >= 15 is 0 Å². The van der Waals surface area contributed by atoms with Crippen molar-refractivity contribution in [3.05, 3.63) is 18.2 Å². The molecule has 8 nitrogen and oxygen atoms in total. The summed E-state index contributed by atoms with van der Waals surface area (Å²) < 4.78 is 10.6. The molecular weight excluding hydrogens is 322 g/mol. The SMILES string of the molecule is CN1C(=O)COc2cc(N3C[C@H](CNC(=O)S)OC3=O)ccc21.